The predicted octanol–water partition coefficient (Wildman–Crippen LogP) is 4.53. The summed E-state index contributed by atoms with van der Waals surface area (Å²) in [4.78, 5) is 14.2. The summed E-state index contributed by atoms with van der Waals surface area (Å²) >= 11 is 0. The second kappa shape index (κ2) is 6.53. The molecule has 1 aromatic heterocycles. The minimum Gasteiger partial charge on any atom is -0.464 e. The number of carbonyl (C=O) groups excluding carboxylic acids is 1. The Morgan fingerprint density at radius 3 is 2.17 bits per heavy atom. The van der Waals surface area contributed by atoms with Crippen LogP contribution < -0.4 is 0 Å². The van der Waals surface area contributed by atoms with Crippen molar-refractivity contribution in [2.24, 2.45) is 0 Å². The van der Waals surface area contributed by atoms with E-state index in [0.29, 0.717) is 12.1 Å². The molecule has 1 amide bonds. The van der Waals surface area contributed by atoms with Crippen LogP contribution in [-0.4, -0.2) is 17.9 Å². The van der Waals surface area contributed by atoms with Crippen LogP contribution in [0.2, 0.25) is 0 Å². The van der Waals surface area contributed by atoms with E-state index in [1.165, 1.54) is 0 Å². The molecular weight excluding hydrogens is 286 g/mol. The van der Waals surface area contributed by atoms with Gasteiger partial charge in [-0.05, 0) is 42.3 Å². The van der Waals surface area contributed by atoms with Gasteiger partial charge in [-0.25, -0.2) is 0 Å². The van der Waals surface area contributed by atoms with Crippen molar-refractivity contribution in [3.8, 4) is 11.1 Å². The second-order valence-electron chi connectivity index (χ2n) is 5.62. The van der Waals surface area contributed by atoms with Gasteiger partial charge in [0.15, 0.2) is 0 Å². The fraction of sp³-hybridized carbons (Fsp3) is 0.150. The number of furan rings is 1. The summed E-state index contributed by atoms with van der Waals surface area (Å²) in [6, 6.07) is 21.6. The fourth-order valence-electron chi connectivity index (χ4n) is 2.53. The van der Waals surface area contributed by atoms with Crippen LogP contribution in [0.5, 0.6) is 0 Å². The summed E-state index contributed by atoms with van der Waals surface area (Å²) in [6.45, 7) is 2.36. The van der Waals surface area contributed by atoms with Gasteiger partial charge in [-0.1, -0.05) is 42.5 Å². The summed E-state index contributed by atoms with van der Waals surface area (Å²) in [5.41, 5.74) is 2.92. The fourth-order valence-corrected chi connectivity index (χ4v) is 2.53. The van der Waals surface area contributed by atoms with E-state index >= 15 is 0 Å². The molecule has 0 saturated heterocycles. The highest BCUT2D eigenvalue weighted by Gasteiger charge is 2.13. The summed E-state index contributed by atoms with van der Waals surface area (Å²) < 4.78 is 5.52. The number of hydrogen-bond acceptors (Lipinski definition) is 2. The van der Waals surface area contributed by atoms with Crippen LogP contribution in [0.1, 0.15) is 21.9 Å². The Kier molecular flexibility index (Phi) is 4.29. The molecule has 3 heteroatoms. The highest BCUT2D eigenvalue weighted by atomic mass is 16.3. The van der Waals surface area contributed by atoms with Crippen LogP contribution >= 0.6 is 0 Å². The van der Waals surface area contributed by atoms with E-state index in [0.717, 1.165) is 22.6 Å². The van der Waals surface area contributed by atoms with E-state index in [1.54, 1.807) is 11.9 Å². The standard InChI is InChI=1S/C20H19NO2/c1-15-8-13-19(23-15)14-21(2)20(22)18-11-9-17(10-12-18)16-6-4-3-5-7-16/h3-13H,14H2,1-2H3. The van der Waals surface area contributed by atoms with Crippen molar-refractivity contribution in [1.82, 2.24) is 4.90 Å². The zero-order valence-corrected chi connectivity index (χ0v) is 13.3. The Morgan fingerprint density at radius 2 is 1.57 bits per heavy atom. The molecule has 2 aromatic carbocycles. The molecule has 0 fully saturated rings. The average molecular weight is 305 g/mol. The van der Waals surface area contributed by atoms with E-state index in [-0.39, 0.29) is 5.91 Å². The molecule has 0 aliphatic rings. The van der Waals surface area contributed by atoms with Crippen molar-refractivity contribution in [2.45, 2.75) is 13.5 Å². The number of aryl methyl sites for hydroxylation is 1. The van der Waals surface area contributed by atoms with Crippen LogP contribution in [0, 0.1) is 6.92 Å². The summed E-state index contributed by atoms with van der Waals surface area (Å²) in [5, 5.41) is 0. The molecule has 0 aliphatic heterocycles. The van der Waals surface area contributed by atoms with Gasteiger partial charge >= 0.3 is 0 Å². The maximum atomic E-state index is 12.5. The topological polar surface area (TPSA) is 33.5 Å². The van der Waals surface area contributed by atoms with E-state index in [2.05, 4.69) is 12.1 Å². The number of rotatable bonds is 4. The molecule has 0 N–H and O–H groups in total. The Balaban J connectivity index is 1.72. The summed E-state index contributed by atoms with van der Waals surface area (Å²) in [7, 11) is 1.78. The molecule has 0 unspecified atom stereocenters. The molecule has 3 rings (SSSR count). The average Bonchev–Trinajstić information content (AvgIpc) is 3.00. The minimum absolute atomic E-state index is 0.0151. The first-order valence-corrected chi connectivity index (χ1v) is 7.60. The Morgan fingerprint density at radius 1 is 0.913 bits per heavy atom. The maximum Gasteiger partial charge on any atom is 0.254 e. The highest BCUT2D eigenvalue weighted by Crippen LogP contribution is 2.20. The van der Waals surface area contributed by atoms with Gasteiger partial charge in [-0.3, -0.25) is 4.79 Å². The van der Waals surface area contributed by atoms with Crippen molar-refractivity contribution in [1.29, 1.82) is 0 Å². The van der Waals surface area contributed by atoms with E-state index < -0.39 is 0 Å². The lowest BCUT2D eigenvalue weighted by Crippen LogP contribution is -2.25. The summed E-state index contributed by atoms with van der Waals surface area (Å²) in [6.07, 6.45) is 0. The van der Waals surface area contributed by atoms with Gasteiger partial charge in [0.25, 0.3) is 5.91 Å². The summed E-state index contributed by atoms with van der Waals surface area (Å²) in [5.74, 6) is 1.63. The minimum atomic E-state index is -0.0151. The highest BCUT2D eigenvalue weighted by molar-refractivity contribution is 5.94. The lowest BCUT2D eigenvalue weighted by molar-refractivity contribution is 0.0775. The van der Waals surface area contributed by atoms with Gasteiger partial charge in [0.05, 0.1) is 6.54 Å². The molecule has 1 heterocycles. The van der Waals surface area contributed by atoms with Gasteiger partial charge in [-0.2, -0.15) is 0 Å². The third-order valence-corrected chi connectivity index (χ3v) is 3.77. The Hall–Kier alpha value is -2.81. The third-order valence-electron chi connectivity index (χ3n) is 3.77. The molecular formula is C20H19NO2. The predicted molar refractivity (Wildman–Crippen MR) is 91.1 cm³/mol. The molecule has 23 heavy (non-hydrogen) atoms. The molecule has 0 spiro atoms. The van der Waals surface area contributed by atoms with Crippen LogP contribution in [0.3, 0.4) is 0 Å². The number of amides is 1. The van der Waals surface area contributed by atoms with Crippen LogP contribution in [-0.2, 0) is 6.54 Å². The maximum absolute atomic E-state index is 12.5. The number of hydrogen-bond donors (Lipinski definition) is 0. The SMILES string of the molecule is Cc1ccc(CN(C)C(=O)c2ccc(-c3ccccc3)cc2)o1. The molecule has 0 aliphatic carbocycles. The third kappa shape index (κ3) is 3.51. The van der Waals surface area contributed by atoms with Crippen LogP contribution in [0.15, 0.2) is 71.1 Å². The van der Waals surface area contributed by atoms with E-state index in [1.807, 2.05) is 61.5 Å². The zero-order valence-electron chi connectivity index (χ0n) is 13.3. The van der Waals surface area contributed by atoms with Crippen molar-refractivity contribution in [3.05, 3.63) is 83.8 Å². The molecule has 0 radical (unpaired) electrons. The van der Waals surface area contributed by atoms with Crippen molar-refractivity contribution in [3.63, 3.8) is 0 Å². The normalized spacial score (nSPS) is 10.5. The largest absolute Gasteiger partial charge is 0.464 e. The number of benzene rings is 2. The van der Waals surface area contributed by atoms with Crippen molar-refractivity contribution in [2.75, 3.05) is 7.05 Å². The Bertz CT molecular complexity index is 788. The molecule has 116 valence electrons. The van der Waals surface area contributed by atoms with Gasteiger partial charge < -0.3 is 9.32 Å². The van der Waals surface area contributed by atoms with Crippen molar-refractivity contribution < 1.29 is 9.21 Å². The van der Waals surface area contributed by atoms with Gasteiger partial charge in [-0.15, -0.1) is 0 Å². The monoisotopic (exact) mass is 305 g/mol. The molecule has 0 saturated carbocycles. The number of nitrogens with zero attached hydrogens (tertiary/aromatic N) is 1. The Labute approximate surface area is 136 Å². The van der Waals surface area contributed by atoms with Gasteiger partial charge in [0.2, 0.25) is 0 Å². The van der Waals surface area contributed by atoms with Gasteiger partial charge in [0.1, 0.15) is 11.5 Å². The quantitative estimate of drug-likeness (QED) is 0.709. The van der Waals surface area contributed by atoms with Crippen molar-refractivity contribution >= 4 is 5.91 Å². The van der Waals surface area contributed by atoms with Gasteiger partial charge in [0, 0.05) is 12.6 Å². The lowest BCUT2D eigenvalue weighted by atomic mass is 10.0. The lowest BCUT2D eigenvalue weighted by Gasteiger charge is -2.16. The molecule has 3 nitrogen and oxygen atoms in total. The smallest absolute Gasteiger partial charge is 0.254 e. The van der Waals surface area contributed by atoms with E-state index in [9.17, 15) is 4.79 Å². The second-order valence-corrected chi connectivity index (χ2v) is 5.62. The van der Waals surface area contributed by atoms with Crippen LogP contribution in [0.4, 0.5) is 0 Å². The first-order valence-electron chi connectivity index (χ1n) is 7.60. The molecule has 0 atom stereocenters. The zero-order chi connectivity index (χ0) is 16.2. The number of carbonyl (C=O) groups is 1. The molecule has 3 aromatic rings. The van der Waals surface area contributed by atoms with E-state index in [4.69, 9.17) is 4.42 Å². The first kappa shape index (κ1) is 15.1. The van der Waals surface area contributed by atoms with Crippen LogP contribution in [0.25, 0.3) is 11.1 Å². The first-order chi connectivity index (χ1) is 11.1. The molecule has 0 bridgehead atoms.